The molecule has 18 heavy (non-hydrogen) atoms. The maximum atomic E-state index is 9.63. The molecule has 1 atom stereocenters. The molecule has 0 bridgehead atoms. The third kappa shape index (κ3) is 7.01. The van der Waals surface area contributed by atoms with Crippen LogP contribution in [0.5, 0.6) is 0 Å². The van der Waals surface area contributed by atoms with Gasteiger partial charge in [0.1, 0.15) is 0 Å². The lowest BCUT2D eigenvalue weighted by Crippen LogP contribution is -2.14. The van der Waals surface area contributed by atoms with Crippen LogP contribution >= 0.6 is 0 Å². The quantitative estimate of drug-likeness (QED) is 0.692. The normalized spacial score (nSPS) is 13.4. The average Bonchev–Trinajstić information content (AvgIpc) is 2.40. The van der Waals surface area contributed by atoms with Gasteiger partial charge in [0.2, 0.25) is 0 Å². The van der Waals surface area contributed by atoms with Crippen molar-refractivity contribution in [3.8, 4) is 0 Å². The molecule has 3 heteroatoms. The van der Waals surface area contributed by atoms with Crippen molar-refractivity contribution in [2.75, 3.05) is 13.2 Å². The first-order chi connectivity index (χ1) is 8.83. The van der Waals surface area contributed by atoms with Gasteiger partial charge in [-0.3, -0.25) is 0 Å². The Morgan fingerprint density at radius 3 is 2.56 bits per heavy atom. The average molecular weight is 248 g/mol. The Labute approximate surface area is 108 Å². The van der Waals surface area contributed by atoms with Gasteiger partial charge in [0, 0.05) is 0 Å². The molecule has 0 amide bonds. The van der Waals surface area contributed by atoms with Crippen molar-refractivity contribution < 1.29 is 14.9 Å². The van der Waals surface area contributed by atoms with Crippen molar-refractivity contribution in [2.24, 2.45) is 0 Å². The fourth-order valence-corrected chi connectivity index (χ4v) is 1.41. The summed E-state index contributed by atoms with van der Waals surface area (Å²) in [5.74, 6) is 0. The Kier molecular flexibility index (Phi) is 7.80. The van der Waals surface area contributed by atoms with E-state index in [0.29, 0.717) is 19.6 Å². The minimum Gasteiger partial charge on any atom is -0.392 e. The van der Waals surface area contributed by atoms with Crippen LogP contribution in [0.4, 0.5) is 0 Å². The zero-order chi connectivity index (χ0) is 13.1. The van der Waals surface area contributed by atoms with Crippen LogP contribution in [0.25, 0.3) is 0 Å². The molecule has 0 unspecified atom stereocenters. The molecule has 0 aliphatic heterocycles. The first-order valence-corrected chi connectivity index (χ1v) is 6.05. The maximum absolute atomic E-state index is 9.63. The van der Waals surface area contributed by atoms with Gasteiger partial charge < -0.3 is 14.9 Å². The number of aliphatic hydroxyl groups excluding tert-OH is 2. The van der Waals surface area contributed by atoms with Gasteiger partial charge in [0.25, 0.3) is 0 Å². The number of rotatable bonds is 8. The molecule has 98 valence electrons. The standard InChI is InChI=1S/C15H20O3/c16-11-7-2-1-6-10-15(17)13-18-12-14-8-4-3-5-9-14/h1-9,15-17H,10-13H2/b6-1-,7-2+/t15-/m0/s1. The summed E-state index contributed by atoms with van der Waals surface area (Å²) in [7, 11) is 0. The third-order valence-electron chi connectivity index (χ3n) is 2.32. The molecule has 0 saturated carbocycles. The van der Waals surface area contributed by atoms with E-state index in [0.717, 1.165) is 5.56 Å². The topological polar surface area (TPSA) is 49.7 Å². The van der Waals surface area contributed by atoms with Crippen LogP contribution < -0.4 is 0 Å². The monoisotopic (exact) mass is 248 g/mol. The van der Waals surface area contributed by atoms with Crippen LogP contribution in [0.2, 0.25) is 0 Å². The van der Waals surface area contributed by atoms with Gasteiger partial charge in [-0.25, -0.2) is 0 Å². The van der Waals surface area contributed by atoms with Crippen LogP contribution in [-0.2, 0) is 11.3 Å². The molecule has 3 nitrogen and oxygen atoms in total. The predicted octanol–water partition coefficient (Wildman–Crippen LogP) is 2.06. The predicted molar refractivity (Wildman–Crippen MR) is 72.1 cm³/mol. The molecule has 0 aliphatic rings. The fourth-order valence-electron chi connectivity index (χ4n) is 1.41. The van der Waals surface area contributed by atoms with Gasteiger partial charge in [-0.05, 0) is 12.0 Å². The highest BCUT2D eigenvalue weighted by atomic mass is 16.5. The van der Waals surface area contributed by atoms with Gasteiger partial charge in [-0.1, -0.05) is 54.6 Å². The first kappa shape index (κ1) is 14.6. The van der Waals surface area contributed by atoms with Crippen LogP contribution in [0.1, 0.15) is 12.0 Å². The molecular formula is C15H20O3. The van der Waals surface area contributed by atoms with E-state index in [1.54, 1.807) is 18.2 Å². The van der Waals surface area contributed by atoms with Gasteiger partial charge in [0.15, 0.2) is 0 Å². The number of allylic oxidation sites excluding steroid dienone is 2. The van der Waals surface area contributed by atoms with E-state index in [-0.39, 0.29) is 6.61 Å². The van der Waals surface area contributed by atoms with Gasteiger partial charge >= 0.3 is 0 Å². The molecule has 0 aromatic heterocycles. The highest BCUT2D eigenvalue weighted by Crippen LogP contribution is 2.02. The molecular weight excluding hydrogens is 228 g/mol. The lowest BCUT2D eigenvalue weighted by molar-refractivity contribution is 0.0301. The summed E-state index contributed by atoms with van der Waals surface area (Å²) in [6, 6.07) is 9.87. The van der Waals surface area contributed by atoms with Crippen molar-refractivity contribution in [3.05, 3.63) is 60.2 Å². The van der Waals surface area contributed by atoms with E-state index < -0.39 is 6.10 Å². The molecule has 2 N–H and O–H groups in total. The van der Waals surface area contributed by atoms with Gasteiger partial charge in [-0.15, -0.1) is 0 Å². The zero-order valence-electron chi connectivity index (χ0n) is 10.4. The fraction of sp³-hybridized carbons (Fsp3) is 0.333. The van der Waals surface area contributed by atoms with E-state index in [1.165, 1.54) is 0 Å². The van der Waals surface area contributed by atoms with Gasteiger partial charge in [0.05, 0.1) is 25.9 Å². The summed E-state index contributed by atoms with van der Waals surface area (Å²) in [5, 5.41) is 18.1. The number of aliphatic hydroxyl groups is 2. The second-order valence-corrected chi connectivity index (χ2v) is 3.93. The molecule has 0 spiro atoms. The number of hydrogen-bond acceptors (Lipinski definition) is 3. The van der Waals surface area contributed by atoms with E-state index >= 15 is 0 Å². The zero-order valence-corrected chi connectivity index (χ0v) is 10.4. The second kappa shape index (κ2) is 9.59. The minimum absolute atomic E-state index is 0.0348. The summed E-state index contributed by atoms with van der Waals surface area (Å²) < 4.78 is 5.42. The number of hydrogen-bond donors (Lipinski definition) is 2. The minimum atomic E-state index is -0.493. The summed E-state index contributed by atoms with van der Waals surface area (Å²) in [4.78, 5) is 0. The Hall–Kier alpha value is -1.42. The number of ether oxygens (including phenoxy) is 1. The molecule has 1 aromatic rings. The smallest absolute Gasteiger partial charge is 0.0808 e. The molecule has 0 aliphatic carbocycles. The second-order valence-electron chi connectivity index (χ2n) is 3.93. The molecule has 0 saturated heterocycles. The van der Waals surface area contributed by atoms with Crippen molar-refractivity contribution in [3.63, 3.8) is 0 Å². The third-order valence-corrected chi connectivity index (χ3v) is 2.32. The van der Waals surface area contributed by atoms with Crippen molar-refractivity contribution in [1.82, 2.24) is 0 Å². The van der Waals surface area contributed by atoms with E-state index in [4.69, 9.17) is 9.84 Å². The molecule has 1 aromatic carbocycles. The Morgan fingerprint density at radius 2 is 1.83 bits per heavy atom. The van der Waals surface area contributed by atoms with E-state index in [2.05, 4.69) is 0 Å². The maximum Gasteiger partial charge on any atom is 0.0808 e. The van der Waals surface area contributed by atoms with Crippen LogP contribution in [0.15, 0.2) is 54.6 Å². The molecule has 0 fully saturated rings. The SMILES string of the molecule is OC/C=C/C=C\C[C@H](O)COCc1ccccc1. The van der Waals surface area contributed by atoms with Crippen molar-refractivity contribution >= 4 is 0 Å². The largest absolute Gasteiger partial charge is 0.392 e. The summed E-state index contributed by atoms with van der Waals surface area (Å²) in [6.07, 6.45) is 7.09. The summed E-state index contributed by atoms with van der Waals surface area (Å²) >= 11 is 0. The van der Waals surface area contributed by atoms with Crippen LogP contribution in [-0.4, -0.2) is 29.5 Å². The highest BCUT2D eigenvalue weighted by Gasteiger charge is 2.01. The van der Waals surface area contributed by atoms with Gasteiger partial charge in [-0.2, -0.15) is 0 Å². The van der Waals surface area contributed by atoms with Crippen LogP contribution in [0.3, 0.4) is 0 Å². The van der Waals surface area contributed by atoms with E-state index in [9.17, 15) is 5.11 Å². The van der Waals surface area contributed by atoms with Crippen molar-refractivity contribution in [1.29, 1.82) is 0 Å². The lowest BCUT2D eigenvalue weighted by Gasteiger charge is -2.08. The van der Waals surface area contributed by atoms with Crippen molar-refractivity contribution in [2.45, 2.75) is 19.1 Å². The van der Waals surface area contributed by atoms with Crippen LogP contribution in [0, 0.1) is 0 Å². The number of benzene rings is 1. The Bertz CT molecular complexity index is 357. The lowest BCUT2D eigenvalue weighted by atomic mass is 10.2. The summed E-state index contributed by atoms with van der Waals surface area (Å²) in [6.45, 7) is 0.877. The highest BCUT2D eigenvalue weighted by molar-refractivity contribution is 5.13. The first-order valence-electron chi connectivity index (χ1n) is 6.05. The molecule has 0 radical (unpaired) electrons. The Morgan fingerprint density at radius 1 is 1.11 bits per heavy atom. The Balaban J connectivity index is 2.12. The molecule has 0 heterocycles. The summed E-state index contributed by atoms with van der Waals surface area (Å²) in [5.41, 5.74) is 1.10. The molecule has 1 rings (SSSR count). The van der Waals surface area contributed by atoms with E-state index in [1.807, 2.05) is 36.4 Å².